The molecule has 2 amide bonds. The van der Waals surface area contributed by atoms with Crippen molar-refractivity contribution < 1.29 is 14.3 Å². The highest BCUT2D eigenvalue weighted by molar-refractivity contribution is 6.07. The molecule has 148 valence electrons. The summed E-state index contributed by atoms with van der Waals surface area (Å²) in [5.41, 5.74) is -0.899. The Hall–Kier alpha value is -2.15. The highest BCUT2D eigenvalue weighted by atomic mass is 16.5. The van der Waals surface area contributed by atoms with Crippen molar-refractivity contribution in [3.05, 3.63) is 24.3 Å². The van der Waals surface area contributed by atoms with Crippen LogP contribution in [0.25, 0.3) is 0 Å². The van der Waals surface area contributed by atoms with Gasteiger partial charge in [-0.2, -0.15) is 0 Å². The number of carbonyl (C=O) groups excluding carboxylic acids is 2. The maximum Gasteiger partial charge on any atom is 0.257 e. The number of amides is 2. The molecule has 2 fully saturated rings. The summed E-state index contributed by atoms with van der Waals surface area (Å²) < 4.78 is 6.13. The third-order valence-corrected chi connectivity index (χ3v) is 5.75. The highest BCUT2D eigenvalue weighted by Crippen LogP contribution is 2.34. The molecule has 3 unspecified atom stereocenters. The van der Waals surface area contributed by atoms with Crippen molar-refractivity contribution in [1.82, 2.24) is 15.5 Å². The van der Waals surface area contributed by atoms with Gasteiger partial charge >= 0.3 is 0 Å². The quantitative estimate of drug-likeness (QED) is 0.660. The van der Waals surface area contributed by atoms with E-state index in [9.17, 15) is 9.59 Å². The molecule has 0 spiro atoms. The zero-order chi connectivity index (χ0) is 19.4. The maximum atomic E-state index is 13.0. The van der Waals surface area contributed by atoms with Crippen LogP contribution in [0.4, 0.5) is 0 Å². The number of hydrogen-bond acceptors (Lipinski definition) is 4. The number of hydrogen-bond donors (Lipinski definition) is 3. The molecule has 0 aromatic heterocycles. The van der Waals surface area contributed by atoms with Crippen LogP contribution in [0, 0.1) is 11.3 Å². The molecule has 3 atom stereocenters. The molecule has 1 aliphatic heterocycles. The molecule has 0 radical (unpaired) electrons. The van der Waals surface area contributed by atoms with E-state index in [1.165, 1.54) is 31.1 Å². The lowest BCUT2D eigenvalue weighted by atomic mass is 9.79. The summed E-state index contributed by atoms with van der Waals surface area (Å²) in [6.45, 7) is 1.65. The summed E-state index contributed by atoms with van der Waals surface area (Å²) >= 11 is 0. The fraction of sp³-hybridized carbons (Fsp3) is 0.650. The minimum Gasteiger partial charge on any atom is -0.369 e. The molecule has 7 heteroatoms. The Balaban J connectivity index is 1.72. The van der Waals surface area contributed by atoms with Gasteiger partial charge in [0, 0.05) is 14.0 Å². The fourth-order valence-electron chi connectivity index (χ4n) is 4.32. The van der Waals surface area contributed by atoms with Crippen LogP contribution in [0.2, 0.25) is 0 Å². The molecule has 1 saturated heterocycles. The van der Waals surface area contributed by atoms with Crippen LogP contribution in [0.15, 0.2) is 24.3 Å². The lowest BCUT2D eigenvalue weighted by Crippen LogP contribution is -2.54. The molecule has 1 saturated carbocycles. The summed E-state index contributed by atoms with van der Waals surface area (Å²) in [5.74, 6) is 0.356. The lowest BCUT2D eigenvalue weighted by Gasteiger charge is -2.34. The molecule has 0 bridgehead atoms. The molecule has 3 rings (SSSR count). The summed E-state index contributed by atoms with van der Waals surface area (Å²) in [6, 6.07) is -0.257. The van der Waals surface area contributed by atoms with Gasteiger partial charge in [-0.25, -0.2) is 0 Å². The van der Waals surface area contributed by atoms with Gasteiger partial charge in [-0.15, -0.1) is 0 Å². The Morgan fingerprint density at radius 1 is 1.33 bits per heavy atom. The van der Waals surface area contributed by atoms with Crippen molar-refractivity contribution in [3.8, 4) is 0 Å². The number of nitrogens with zero attached hydrogens (tertiary/aromatic N) is 1. The second kappa shape index (κ2) is 8.25. The Morgan fingerprint density at radius 3 is 2.67 bits per heavy atom. The highest BCUT2D eigenvalue weighted by Gasteiger charge is 2.50. The van der Waals surface area contributed by atoms with E-state index < -0.39 is 5.54 Å². The van der Waals surface area contributed by atoms with E-state index >= 15 is 0 Å². The molecule has 7 nitrogen and oxygen atoms in total. The number of rotatable bonds is 6. The van der Waals surface area contributed by atoms with E-state index in [1.54, 1.807) is 7.05 Å². The first kappa shape index (κ1) is 19.6. The number of allylic oxidation sites excluding steroid dienone is 2. The SMILES string of the molecule is CC(=O)NC1C=CC=CC1OCC1(CC2CCCCC2)NC(=N)N(C)C1=O. The Labute approximate surface area is 160 Å². The van der Waals surface area contributed by atoms with Gasteiger partial charge in [0.2, 0.25) is 5.91 Å². The summed E-state index contributed by atoms with van der Waals surface area (Å²) in [6.07, 6.45) is 13.8. The van der Waals surface area contributed by atoms with E-state index in [4.69, 9.17) is 10.1 Å². The standard InChI is InChI=1S/C20H30N4O3/c1-14(25)22-16-10-6-7-11-17(16)27-13-20(12-15-8-4-3-5-9-15)18(26)24(2)19(21)23-20/h6-7,10-11,15-17H,3-5,8-9,12-13H2,1-2H3,(H2,21,23)(H,22,25). The van der Waals surface area contributed by atoms with E-state index in [-0.39, 0.29) is 36.5 Å². The second-order valence-corrected chi connectivity index (χ2v) is 7.90. The lowest BCUT2D eigenvalue weighted by molar-refractivity contribution is -0.134. The average Bonchev–Trinajstić information content (AvgIpc) is 2.85. The van der Waals surface area contributed by atoms with Crippen LogP contribution in [-0.2, 0) is 14.3 Å². The van der Waals surface area contributed by atoms with Gasteiger partial charge in [-0.1, -0.05) is 56.4 Å². The van der Waals surface area contributed by atoms with Gasteiger partial charge in [0.25, 0.3) is 5.91 Å². The first-order valence-electron chi connectivity index (χ1n) is 9.80. The number of guanidine groups is 1. The average molecular weight is 374 g/mol. The Bertz CT molecular complexity index is 654. The predicted octanol–water partition coefficient (Wildman–Crippen LogP) is 1.71. The van der Waals surface area contributed by atoms with Crippen molar-refractivity contribution in [3.63, 3.8) is 0 Å². The number of carbonyl (C=O) groups is 2. The van der Waals surface area contributed by atoms with Gasteiger partial charge in [0.1, 0.15) is 5.54 Å². The topological polar surface area (TPSA) is 94.5 Å². The molecule has 3 aliphatic rings. The van der Waals surface area contributed by atoms with Gasteiger partial charge in [0.15, 0.2) is 5.96 Å². The zero-order valence-corrected chi connectivity index (χ0v) is 16.2. The third kappa shape index (κ3) is 4.40. The Kier molecular flexibility index (Phi) is 5.99. The smallest absolute Gasteiger partial charge is 0.257 e. The number of ether oxygens (including phenoxy) is 1. The monoisotopic (exact) mass is 374 g/mol. The molecule has 3 N–H and O–H groups in total. The van der Waals surface area contributed by atoms with Crippen LogP contribution >= 0.6 is 0 Å². The summed E-state index contributed by atoms with van der Waals surface area (Å²) in [5, 5.41) is 14.1. The molecule has 2 aliphatic carbocycles. The second-order valence-electron chi connectivity index (χ2n) is 7.90. The van der Waals surface area contributed by atoms with E-state index in [0.717, 1.165) is 12.8 Å². The van der Waals surface area contributed by atoms with Crippen molar-refractivity contribution >= 4 is 17.8 Å². The van der Waals surface area contributed by atoms with E-state index in [0.29, 0.717) is 12.3 Å². The zero-order valence-electron chi connectivity index (χ0n) is 16.2. The minimum absolute atomic E-state index is 0.107. The van der Waals surface area contributed by atoms with Crippen molar-refractivity contribution in [2.24, 2.45) is 5.92 Å². The number of nitrogens with one attached hydrogen (secondary N) is 3. The maximum absolute atomic E-state index is 13.0. The van der Waals surface area contributed by atoms with Crippen LogP contribution < -0.4 is 10.6 Å². The largest absolute Gasteiger partial charge is 0.369 e. The minimum atomic E-state index is -0.899. The van der Waals surface area contributed by atoms with Gasteiger partial charge < -0.3 is 15.4 Å². The first-order valence-corrected chi connectivity index (χ1v) is 9.80. The van der Waals surface area contributed by atoms with Crippen molar-refractivity contribution in [1.29, 1.82) is 5.41 Å². The number of likely N-dealkylation sites (N-methyl/N-ethyl adjacent to an activating group) is 1. The first-order chi connectivity index (χ1) is 12.9. The molecular formula is C20H30N4O3. The van der Waals surface area contributed by atoms with Crippen LogP contribution in [0.5, 0.6) is 0 Å². The van der Waals surface area contributed by atoms with Gasteiger partial charge in [-0.05, 0) is 12.3 Å². The predicted molar refractivity (Wildman–Crippen MR) is 103 cm³/mol. The van der Waals surface area contributed by atoms with Crippen LogP contribution in [0.3, 0.4) is 0 Å². The van der Waals surface area contributed by atoms with Gasteiger partial charge in [0.05, 0.1) is 18.8 Å². The van der Waals surface area contributed by atoms with E-state index in [1.807, 2.05) is 24.3 Å². The molecule has 27 heavy (non-hydrogen) atoms. The molecular weight excluding hydrogens is 344 g/mol. The Morgan fingerprint density at radius 2 is 2.04 bits per heavy atom. The van der Waals surface area contributed by atoms with E-state index in [2.05, 4.69) is 10.6 Å². The normalized spacial score (nSPS) is 31.3. The molecule has 0 aromatic carbocycles. The van der Waals surface area contributed by atoms with Crippen LogP contribution in [-0.4, -0.2) is 54.0 Å². The van der Waals surface area contributed by atoms with Crippen molar-refractivity contribution in [2.45, 2.75) is 63.1 Å². The third-order valence-electron chi connectivity index (χ3n) is 5.75. The molecule has 1 heterocycles. The molecule has 0 aromatic rings. The van der Waals surface area contributed by atoms with Crippen molar-refractivity contribution in [2.75, 3.05) is 13.7 Å². The summed E-state index contributed by atoms with van der Waals surface area (Å²) in [7, 11) is 1.63. The fourth-order valence-corrected chi connectivity index (χ4v) is 4.32. The summed E-state index contributed by atoms with van der Waals surface area (Å²) in [4.78, 5) is 25.8. The van der Waals surface area contributed by atoms with Crippen LogP contribution in [0.1, 0.15) is 45.4 Å². The van der Waals surface area contributed by atoms with Gasteiger partial charge in [-0.3, -0.25) is 19.9 Å².